The van der Waals surface area contributed by atoms with Gasteiger partial charge in [0.05, 0.1) is 6.54 Å². The van der Waals surface area contributed by atoms with Crippen molar-refractivity contribution in [3.63, 3.8) is 0 Å². The second-order valence-corrected chi connectivity index (χ2v) is 5.62. The zero-order valence-electron chi connectivity index (χ0n) is 10.6. The first kappa shape index (κ1) is 12.1. The first-order valence-corrected chi connectivity index (χ1v) is 7.03. The van der Waals surface area contributed by atoms with E-state index in [1.807, 2.05) is 0 Å². The van der Waals surface area contributed by atoms with Gasteiger partial charge in [0, 0.05) is 13.0 Å². The molecule has 0 aromatic carbocycles. The molecule has 0 bridgehead atoms. The van der Waals surface area contributed by atoms with Crippen molar-refractivity contribution >= 4 is 5.78 Å². The summed E-state index contributed by atoms with van der Waals surface area (Å²) in [5.41, 5.74) is 0. The van der Waals surface area contributed by atoms with Gasteiger partial charge in [-0.25, -0.2) is 0 Å². The van der Waals surface area contributed by atoms with Crippen molar-refractivity contribution in [3.8, 4) is 0 Å². The van der Waals surface area contributed by atoms with E-state index in [2.05, 4.69) is 11.8 Å². The summed E-state index contributed by atoms with van der Waals surface area (Å²) < 4.78 is 0. The molecule has 1 aliphatic heterocycles. The van der Waals surface area contributed by atoms with Crippen molar-refractivity contribution < 1.29 is 4.79 Å². The first-order valence-electron chi connectivity index (χ1n) is 7.03. The second-order valence-electron chi connectivity index (χ2n) is 5.62. The van der Waals surface area contributed by atoms with Gasteiger partial charge < -0.3 is 0 Å². The summed E-state index contributed by atoms with van der Waals surface area (Å²) in [5.74, 6) is 2.32. The Morgan fingerprint density at radius 2 is 1.94 bits per heavy atom. The van der Waals surface area contributed by atoms with Crippen LogP contribution in [-0.2, 0) is 4.79 Å². The van der Waals surface area contributed by atoms with Crippen LogP contribution in [0, 0.1) is 11.8 Å². The molecule has 1 heterocycles. The highest BCUT2D eigenvalue weighted by Crippen LogP contribution is 2.35. The summed E-state index contributed by atoms with van der Waals surface area (Å²) in [7, 11) is 0. The van der Waals surface area contributed by atoms with Gasteiger partial charge in [-0.3, -0.25) is 9.69 Å². The molecule has 2 heteroatoms. The smallest absolute Gasteiger partial charge is 0.146 e. The number of rotatable bonds is 4. The summed E-state index contributed by atoms with van der Waals surface area (Å²) in [4.78, 5) is 14.0. The number of carbonyl (C=O) groups is 1. The van der Waals surface area contributed by atoms with Crippen LogP contribution in [0.3, 0.4) is 0 Å². The Morgan fingerprint density at radius 3 is 2.69 bits per heavy atom. The number of carbonyl (C=O) groups excluding carboxylic acids is 1. The van der Waals surface area contributed by atoms with Crippen molar-refractivity contribution in [1.82, 2.24) is 4.90 Å². The molecule has 1 saturated heterocycles. The van der Waals surface area contributed by atoms with E-state index in [1.54, 1.807) is 0 Å². The molecular weight excluding hydrogens is 198 g/mol. The van der Waals surface area contributed by atoms with Crippen LogP contribution < -0.4 is 0 Å². The van der Waals surface area contributed by atoms with Gasteiger partial charge >= 0.3 is 0 Å². The highest BCUT2D eigenvalue weighted by molar-refractivity contribution is 5.80. The molecule has 0 spiro atoms. The Kier molecular flexibility index (Phi) is 4.39. The SMILES string of the molecule is CCCC(=O)CN1CCC2CCCCC2C1. The van der Waals surface area contributed by atoms with Crippen molar-refractivity contribution in [2.75, 3.05) is 19.6 Å². The fourth-order valence-electron chi connectivity index (χ4n) is 3.43. The third-order valence-electron chi connectivity index (χ3n) is 4.30. The van der Waals surface area contributed by atoms with Gasteiger partial charge in [-0.05, 0) is 37.6 Å². The third kappa shape index (κ3) is 3.07. The lowest BCUT2D eigenvalue weighted by Gasteiger charge is -2.41. The minimum Gasteiger partial charge on any atom is -0.298 e. The standard InChI is InChI=1S/C14H25NO/c1-2-5-14(16)11-15-9-8-12-6-3-4-7-13(12)10-15/h12-13H,2-11H2,1H3. The normalized spacial score (nSPS) is 31.1. The molecule has 2 atom stereocenters. The summed E-state index contributed by atoms with van der Waals surface area (Å²) in [6.45, 7) is 5.17. The Balaban J connectivity index is 1.78. The molecule has 0 N–H and O–H groups in total. The molecule has 0 radical (unpaired) electrons. The molecule has 2 unspecified atom stereocenters. The van der Waals surface area contributed by atoms with Crippen LogP contribution in [0.4, 0.5) is 0 Å². The third-order valence-corrected chi connectivity index (χ3v) is 4.30. The lowest BCUT2D eigenvalue weighted by molar-refractivity contribution is -0.121. The van der Waals surface area contributed by atoms with Gasteiger partial charge in [0.2, 0.25) is 0 Å². The van der Waals surface area contributed by atoms with Crippen LogP contribution >= 0.6 is 0 Å². The maximum absolute atomic E-state index is 11.6. The number of Topliss-reactive ketones (excluding diaryl/α,β-unsaturated/α-hetero) is 1. The van der Waals surface area contributed by atoms with Crippen molar-refractivity contribution in [2.24, 2.45) is 11.8 Å². The zero-order chi connectivity index (χ0) is 11.4. The Hall–Kier alpha value is -0.370. The van der Waals surface area contributed by atoms with Crippen LogP contribution in [0.1, 0.15) is 51.9 Å². The van der Waals surface area contributed by atoms with Crippen molar-refractivity contribution in [1.29, 1.82) is 0 Å². The lowest BCUT2D eigenvalue weighted by atomic mass is 9.75. The molecule has 2 nitrogen and oxygen atoms in total. The quantitative estimate of drug-likeness (QED) is 0.730. The second kappa shape index (κ2) is 5.81. The van der Waals surface area contributed by atoms with Crippen LogP contribution in [0.2, 0.25) is 0 Å². The van der Waals surface area contributed by atoms with E-state index in [-0.39, 0.29) is 0 Å². The van der Waals surface area contributed by atoms with Crippen molar-refractivity contribution in [2.45, 2.75) is 51.9 Å². The average Bonchev–Trinajstić information content (AvgIpc) is 2.29. The topological polar surface area (TPSA) is 20.3 Å². The van der Waals surface area contributed by atoms with Gasteiger partial charge in [-0.1, -0.05) is 26.2 Å². The first-order chi connectivity index (χ1) is 7.79. The number of ketones is 1. The molecule has 2 aliphatic rings. The van der Waals surface area contributed by atoms with Crippen LogP contribution in [0.5, 0.6) is 0 Å². The fraction of sp³-hybridized carbons (Fsp3) is 0.929. The largest absolute Gasteiger partial charge is 0.298 e. The molecule has 0 aromatic rings. The van der Waals surface area contributed by atoms with Crippen LogP contribution in [0.25, 0.3) is 0 Å². The van der Waals surface area contributed by atoms with Crippen LogP contribution in [-0.4, -0.2) is 30.3 Å². The summed E-state index contributed by atoms with van der Waals surface area (Å²) in [6, 6.07) is 0. The van der Waals surface area contributed by atoms with Gasteiger partial charge in [-0.2, -0.15) is 0 Å². The number of likely N-dealkylation sites (tertiary alicyclic amines) is 1. The van der Waals surface area contributed by atoms with Gasteiger partial charge in [-0.15, -0.1) is 0 Å². The summed E-state index contributed by atoms with van der Waals surface area (Å²) in [6.07, 6.45) is 8.81. The Labute approximate surface area is 99.4 Å². The highest BCUT2D eigenvalue weighted by Gasteiger charge is 2.31. The van der Waals surface area contributed by atoms with Crippen molar-refractivity contribution in [3.05, 3.63) is 0 Å². The molecule has 0 amide bonds. The molecular formula is C14H25NO. The minimum atomic E-state index is 0.441. The maximum Gasteiger partial charge on any atom is 0.146 e. The molecule has 1 saturated carbocycles. The van der Waals surface area contributed by atoms with Crippen LogP contribution in [0.15, 0.2) is 0 Å². The lowest BCUT2D eigenvalue weighted by Crippen LogP contribution is -2.43. The maximum atomic E-state index is 11.6. The molecule has 1 aliphatic carbocycles. The summed E-state index contributed by atoms with van der Waals surface area (Å²) >= 11 is 0. The number of fused-ring (bicyclic) bond motifs is 1. The number of piperidine rings is 1. The van der Waals surface area contributed by atoms with Gasteiger partial charge in [0.25, 0.3) is 0 Å². The zero-order valence-corrected chi connectivity index (χ0v) is 10.6. The van der Waals surface area contributed by atoms with E-state index in [0.29, 0.717) is 5.78 Å². The van der Waals surface area contributed by atoms with Gasteiger partial charge in [0.15, 0.2) is 0 Å². The van der Waals surface area contributed by atoms with E-state index in [1.165, 1.54) is 38.6 Å². The molecule has 2 rings (SSSR count). The predicted octanol–water partition coefficient (Wildman–Crippen LogP) is 2.87. The minimum absolute atomic E-state index is 0.441. The van der Waals surface area contributed by atoms with E-state index in [9.17, 15) is 4.79 Å². The predicted molar refractivity (Wildman–Crippen MR) is 66.4 cm³/mol. The molecule has 2 fully saturated rings. The molecule has 16 heavy (non-hydrogen) atoms. The van der Waals surface area contributed by atoms with E-state index in [4.69, 9.17) is 0 Å². The van der Waals surface area contributed by atoms with E-state index >= 15 is 0 Å². The average molecular weight is 223 g/mol. The van der Waals surface area contributed by atoms with E-state index < -0.39 is 0 Å². The molecule has 0 aromatic heterocycles. The number of nitrogens with zero attached hydrogens (tertiary/aromatic N) is 1. The highest BCUT2D eigenvalue weighted by atomic mass is 16.1. The Bertz CT molecular complexity index is 239. The Morgan fingerprint density at radius 1 is 1.19 bits per heavy atom. The fourth-order valence-corrected chi connectivity index (χ4v) is 3.43. The van der Waals surface area contributed by atoms with Gasteiger partial charge in [0.1, 0.15) is 5.78 Å². The number of hydrogen-bond donors (Lipinski definition) is 0. The number of hydrogen-bond acceptors (Lipinski definition) is 2. The van der Waals surface area contributed by atoms with E-state index in [0.717, 1.165) is 37.8 Å². The molecule has 92 valence electrons. The summed E-state index contributed by atoms with van der Waals surface area (Å²) in [5, 5.41) is 0. The monoisotopic (exact) mass is 223 g/mol.